The lowest BCUT2D eigenvalue weighted by Gasteiger charge is -2.06. The van der Waals surface area contributed by atoms with Crippen molar-refractivity contribution in [2.75, 3.05) is 0 Å². The van der Waals surface area contributed by atoms with Crippen LogP contribution in [0.4, 0.5) is 5.69 Å². The molecule has 0 unspecified atom stereocenters. The Balaban J connectivity index is 1.45. The third-order valence-electron chi connectivity index (χ3n) is 3.95. The summed E-state index contributed by atoms with van der Waals surface area (Å²) < 4.78 is 11.5. The minimum Gasteiger partial charge on any atom is -0.489 e. The molecular formula is C20H14N2O4. The van der Waals surface area contributed by atoms with Gasteiger partial charge in [-0.05, 0) is 54.1 Å². The molecule has 0 saturated heterocycles. The van der Waals surface area contributed by atoms with Gasteiger partial charge in [-0.25, -0.2) is 4.98 Å². The van der Waals surface area contributed by atoms with Gasteiger partial charge in [0.25, 0.3) is 5.69 Å². The number of para-hydroxylation sites is 2. The maximum atomic E-state index is 10.7. The number of non-ortho nitro benzene ring substituents is 1. The summed E-state index contributed by atoms with van der Waals surface area (Å²) in [5.74, 6) is 1.26. The fourth-order valence-electron chi connectivity index (χ4n) is 2.57. The van der Waals surface area contributed by atoms with E-state index in [1.807, 2.05) is 48.5 Å². The molecule has 0 bridgehead atoms. The largest absolute Gasteiger partial charge is 0.489 e. The van der Waals surface area contributed by atoms with Crippen molar-refractivity contribution >= 4 is 16.8 Å². The molecule has 4 aromatic rings. The van der Waals surface area contributed by atoms with Crippen molar-refractivity contribution in [2.45, 2.75) is 6.61 Å². The number of nitro groups is 1. The quantitative estimate of drug-likeness (QED) is 0.376. The summed E-state index contributed by atoms with van der Waals surface area (Å²) in [6.45, 7) is 0.334. The number of fused-ring (bicyclic) bond motifs is 1. The zero-order valence-electron chi connectivity index (χ0n) is 13.7. The lowest BCUT2D eigenvalue weighted by atomic mass is 10.2. The van der Waals surface area contributed by atoms with Gasteiger partial charge >= 0.3 is 0 Å². The van der Waals surface area contributed by atoms with Crippen LogP contribution in [0.15, 0.2) is 77.2 Å². The zero-order chi connectivity index (χ0) is 17.9. The predicted molar refractivity (Wildman–Crippen MR) is 96.9 cm³/mol. The normalized spacial score (nSPS) is 10.8. The maximum Gasteiger partial charge on any atom is 0.269 e. The molecule has 0 atom stereocenters. The molecule has 0 spiro atoms. The van der Waals surface area contributed by atoms with Crippen LogP contribution >= 0.6 is 0 Å². The summed E-state index contributed by atoms with van der Waals surface area (Å²) in [5, 5.41) is 10.7. The number of nitro benzene ring substituents is 1. The number of hydrogen-bond donors (Lipinski definition) is 0. The topological polar surface area (TPSA) is 78.4 Å². The van der Waals surface area contributed by atoms with Gasteiger partial charge in [0.2, 0.25) is 5.89 Å². The number of benzene rings is 3. The maximum absolute atomic E-state index is 10.7. The van der Waals surface area contributed by atoms with Crippen LogP contribution in [0, 0.1) is 10.1 Å². The van der Waals surface area contributed by atoms with Crippen LogP contribution in [0.1, 0.15) is 5.56 Å². The van der Waals surface area contributed by atoms with Crippen molar-refractivity contribution in [1.29, 1.82) is 0 Å². The van der Waals surface area contributed by atoms with Gasteiger partial charge in [0.05, 0.1) is 4.92 Å². The van der Waals surface area contributed by atoms with E-state index in [-0.39, 0.29) is 5.69 Å². The van der Waals surface area contributed by atoms with E-state index in [9.17, 15) is 10.1 Å². The van der Waals surface area contributed by atoms with Crippen LogP contribution in [0.25, 0.3) is 22.6 Å². The predicted octanol–water partition coefficient (Wildman–Crippen LogP) is 4.98. The first kappa shape index (κ1) is 15.8. The first-order valence-corrected chi connectivity index (χ1v) is 8.01. The standard InChI is InChI=1S/C20H14N2O4/c23-22(24)16-9-5-14(6-10-16)13-25-17-11-7-15(8-12-17)20-21-18-3-1-2-4-19(18)26-20/h1-12H,13H2. The molecule has 0 aliphatic rings. The van der Waals surface area contributed by atoms with E-state index in [4.69, 9.17) is 9.15 Å². The zero-order valence-corrected chi connectivity index (χ0v) is 13.7. The summed E-state index contributed by atoms with van der Waals surface area (Å²) in [6, 6.07) is 21.4. The average Bonchev–Trinajstić information content (AvgIpc) is 3.11. The smallest absolute Gasteiger partial charge is 0.269 e. The Hall–Kier alpha value is -3.67. The first-order valence-electron chi connectivity index (χ1n) is 8.01. The van der Waals surface area contributed by atoms with Gasteiger partial charge in [0.1, 0.15) is 17.9 Å². The number of rotatable bonds is 5. The third-order valence-corrected chi connectivity index (χ3v) is 3.95. The Morgan fingerprint density at radius 3 is 2.38 bits per heavy atom. The van der Waals surface area contributed by atoms with Gasteiger partial charge < -0.3 is 9.15 Å². The minimum absolute atomic E-state index is 0.0661. The molecule has 6 nitrogen and oxygen atoms in total. The Morgan fingerprint density at radius 1 is 0.962 bits per heavy atom. The number of aromatic nitrogens is 1. The van der Waals surface area contributed by atoms with E-state index in [1.165, 1.54) is 12.1 Å². The summed E-state index contributed by atoms with van der Waals surface area (Å²) in [6.07, 6.45) is 0. The van der Waals surface area contributed by atoms with E-state index in [0.29, 0.717) is 18.2 Å². The number of nitrogens with zero attached hydrogens (tertiary/aromatic N) is 2. The molecule has 26 heavy (non-hydrogen) atoms. The van der Waals surface area contributed by atoms with Crippen LogP contribution in [0.2, 0.25) is 0 Å². The molecule has 4 rings (SSSR count). The van der Waals surface area contributed by atoms with Crippen LogP contribution in [-0.2, 0) is 6.61 Å². The molecule has 0 fully saturated rings. The van der Waals surface area contributed by atoms with E-state index >= 15 is 0 Å². The molecule has 128 valence electrons. The van der Waals surface area contributed by atoms with Crippen LogP contribution in [0.5, 0.6) is 5.75 Å². The molecule has 0 N–H and O–H groups in total. The fraction of sp³-hybridized carbons (Fsp3) is 0.0500. The van der Waals surface area contributed by atoms with Crippen molar-refractivity contribution in [2.24, 2.45) is 0 Å². The molecule has 3 aromatic carbocycles. The fourth-order valence-corrected chi connectivity index (χ4v) is 2.57. The van der Waals surface area contributed by atoms with Crippen molar-refractivity contribution in [3.8, 4) is 17.2 Å². The highest BCUT2D eigenvalue weighted by molar-refractivity contribution is 5.76. The molecule has 0 saturated carbocycles. The molecule has 0 aliphatic heterocycles. The van der Waals surface area contributed by atoms with Gasteiger partial charge in [-0.2, -0.15) is 0 Å². The highest BCUT2D eigenvalue weighted by atomic mass is 16.6. The Kier molecular flexibility index (Phi) is 4.07. The highest BCUT2D eigenvalue weighted by Crippen LogP contribution is 2.26. The van der Waals surface area contributed by atoms with Gasteiger partial charge in [0.15, 0.2) is 5.58 Å². The SMILES string of the molecule is O=[N+]([O-])c1ccc(COc2ccc(-c3nc4ccccc4o3)cc2)cc1. The monoisotopic (exact) mass is 346 g/mol. The van der Waals surface area contributed by atoms with E-state index in [1.54, 1.807) is 12.1 Å². The molecule has 0 aliphatic carbocycles. The molecule has 6 heteroatoms. The second-order valence-electron chi connectivity index (χ2n) is 5.72. The number of hydrogen-bond acceptors (Lipinski definition) is 5. The Morgan fingerprint density at radius 2 is 1.69 bits per heavy atom. The molecular weight excluding hydrogens is 332 g/mol. The molecule has 1 heterocycles. The summed E-state index contributed by atoms with van der Waals surface area (Å²) in [5.41, 5.74) is 3.36. The Labute approximate surface area is 148 Å². The van der Waals surface area contributed by atoms with Gasteiger partial charge in [-0.1, -0.05) is 12.1 Å². The van der Waals surface area contributed by atoms with E-state index < -0.39 is 4.92 Å². The highest BCUT2D eigenvalue weighted by Gasteiger charge is 2.08. The molecule has 1 aromatic heterocycles. The summed E-state index contributed by atoms with van der Waals surface area (Å²) >= 11 is 0. The second kappa shape index (κ2) is 6.68. The third kappa shape index (κ3) is 3.25. The van der Waals surface area contributed by atoms with Crippen LogP contribution < -0.4 is 4.74 Å². The number of ether oxygens (including phenoxy) is 1. The van der Waals surface area contributed by atoms with Crippen LogP contribution in [-0.4, -0.2) is 9.91 Å². The minimum atomic E-state index is -0.421. The first-order chi connectivity index (χ1) is 12.7. The summed E-state index contributed by atoms with van der Waals surface area (Å²) in [4.78, 5) is 14.7. The van der Waals surface area contributed by atoms with Crippen molar-refractivity contribution in [3.05, 3.63) is 88.5 Å². The van der Waals surface area contributed by atoms with Gasteiger partial charge in [0, 0.05) is 17.7 Å². The number of oxazole rings is 1. The van der Waals surface area contributed by atoms with Crippen molar-refractivity contribution in [1.82, 2.24) is 4.98 Å². The lowest BCUT2D eigenvalue weighted by molar-refractivity contribution is -0.384. The Bertz CT molecular complexity index is 1020. The molecule has 0 amide bonds. The lowest BCUT2D eigenvalue weighted by Crippen LogP contribution is -1.96. The van der Waals surface area contributed by atoms with Crippen molar-refractivity contribution < 1.29 is 14.1 Å². The van der Waals surface area contributed by atoms with E-state index in [2.05, 4.69) is 4.98 Å². The van der Waals surface area contributed by atoms with Gasteiger partial charge in [-0.15, -0.1) is 0 Å². The van der Waals surface area contributed by atoms with Crippen LogP contribution in [0.3, 0.4) is 0 Å². The summed E-state index contributed by atoms with van der Waals surface area (Å²) in [7, 11) is 0. The van der Waals surface area contributed by atoms with Crippen molar-refractivity contribution in [3.63, 3.8) is 0 Å². The second-order valence-corrected chi connectivity index (χ2v) is 5.72. The van der Waals surface area contributed by atoms with E-state index in [0.717, 1.165) is 22.2 Å². The average molecular weight is 346 g/mol. The van der Waals surface area contributed by atoms with Gasteiger partial charge in [-0.3, -0.25) is 10.1 Å². The molecule has 0 radical (unpaired) electrons.